The molecule has 0 bridgehead atoms. The standard InChI is InChI=1S/C26H28N2O2/c1-19(2)30-25-9-5-8-24(16-25)27-26(29)22-12-10-20(11-13-22)17-28-15-14-21-6-3-4-7-23(21)18-28/h3-13,16,19H,14-15,17-18H2,1-2H3,(H,27,29). The van der Waals surface area contributed by atoms with Crippen LogP contribution in [0.25, 0.3) is 0 Å². The molecule has 3 aromatic rings. The van der Waals surface area contributed by atoms with E-state index >= 15 is 0 Å². The Morgan fingerprint density at radius 3 is 2.53 bits per heavy atom. The van der Waals surface area contributed by atoms with Crippen molar-refractivity contribution < 1.29 is 9.53 Å². The molecular weight excluding hydrogens is 372 g/mol. The van der Waals surface area contributed by atoms with Crippen LogP contribution in [0.1, 0.15) is 40.9 Å². The highest BCUT2D eigenvalue weighted by Crippen LogP contribution is 2.21. The first-order chi connectivity index (χ1) is 14.6. The Morgan fingerprint density at radius 1 is 1.00 bits per heavy atom. The number of hydrogen-bond acceptors (Lipinski definition) is 3. The van der Waals surface area contributed by atoms with Crippen molar-refractivity contribution in [3.05, 3.63) is 95.1 Å². The first-order valence-electron chi connectivity index (χ1n) is 10.5. The molecule has 0 aliphatic carbocycles. The van der Waals surface area contributed by atoms with E-state index in [0.717, 1.165) is 37.5 Å². The molecule has 1 aliphatic heterocycles. The van der Waals surface area contributed by atoms with E-state index < -0.39 is 0 Å². The highest BCUT2D eigenvalue weighted by Gasteiger charge is 2.16. The number of nitrogens with zero attached hydrogens (tertiary/aromatic N) is 1. The average molecular weight is 401 g/mol. The van der Waals surface area contributed by atoms with E-state index in [1.165, 1.54) is 16.7 Å². The van der Waals surface area contributed by atoms with Crippen molar-refractivity contribution in [2.75, 3.05) is 11.9 Å². The monoisotopic (exact) mass is 400 g/mol. The zero-order chi connectivity index (χ0) is 20.9. The third-order valence-corrected chi connectivity index (χ3v) is 5.30. The van der Waals surface area contributed by atoms with Crippen molar-refractivity contribution >= 4 is 11.6 Å². The normalized spacial score (nSPS) is 13.7. The summed E-state index contributed by atoms with van der Waals surface area (Å²) in [4.78, 5) is 15.1. The Morgan fingerprint density at radius 2 is 1.77 bits per heavy atom. The molecule has 0 saturated carbocycles. The van der Waals surface area contributed by atoms with Gasteiger partial charge in [0.15, 0.2) is 0 Å². The molecule has 0 fully saturated rings. The van der Waals surface area contributed by atoms with Crippen LogP contribution in [0.15, 0.2) is 72.8 Å². The minimum Gasteiger partial charge on any atom is -0.491 e. The van der Waals surface area contributed by atoms with Crippen molar-refractivity contribution in [1.82, 2.24) is 4.90 Å². The molecule has 4 heteroatoms. The van der Waals surface area contributed by atoms with Gasteiger partial charge in [0.25, 0.3) is 5.91 Å². The van der Waals surface area contributed by atoms with Crippen molar-refractivity contribution in [2.24, 2.45) is 0 Å². The van der Waals surface area contributed by atoms with Crippen LogP contribution in [-0.2, 0) is 19.5 Å². The van der Waals surface area contributed by atoms with Crippen LogP contribution in [0.3, 0.4) is 0 Å². The minimum absolute atomic E-state index is 0.0943. The highest BCUT2D eigenvalue weighted by atomic mass is 16.5. The van der Waals surface area contributed by atoms with Gasteiger partial charge in [-0.1, -0.05) is 42.5 Å². The molecule has 3 aromatic carbocycles. The first-order valence-corrected chi connectivity index (χ1v) is 10.5. The lowest BCUT2D eigenvalue weighted by atomic mass is 9.99. The lowest BCUT2D eigenvalue weighted by Gasteiger charge is -2.28. The van der Waals surface area contributed by atoms with Gasteiger partial charge in [-0.15, -0.1) is 0 Å². The van der Waals surface area contributed by atoms with Crippen LogP contribution < -0.4 is 10.1 Å². The number of nitrogens with one attached hydrogen (secondary N) is 1. The zero-order valence-corrected chi connectivity index (χ0v) is 17.6. The minimum atomic E-state index is -0.116. The second kappa shape index (κ2) is 9.14. The molecule has 0 saturated heterocycles. The second-order valence-corrected chi connectivity index (χ2v) is 8.07. The predicted molar refractivity (Wildman–Crippen MR) is 121 cm³/mol. The van der Waals surface area contributed by atoms with E-state index in [2.05, 4.69) is 34.5 Å². The maximum atomic E-state index is 12.6. The molecule has 0 atom stereocenters. The summed E-state index contributed by atoms with van der Waals surface area (Å²) >= 11 is 0. The number of carbonyl (C=O) groups is 1. The second-order valence-electron chi connectivity index (χ2n) is 8.07. The molecule has 1 N–H and O–H groups in total. The van der Waals surface area contributed by atoms with E-state index in [9.17, 15) is 4.79 Å². The average Bonchev–Trinajstić information content (AvgIpc) is 2.74. The SMILES string of the molecule is CC(C)Oc1cccc(NC(=O)c2ccc(CN3CCc4ccccc4C3)cc2)c1. The number of anilines is 1. The third kappa shape index (κ3) is 5.08. The molecule has 154 valence electrons. The summed E-state index contributed by atoms with van der Waals surface area (Å²) in [6, 6.07) is 24.1. The summed E-state index contributed by atoms with van der Waals surface area (Å²) in [5.41, 5.74) is 5.48. The molecular formula is C26H28N2O2. The fourth-order valence-electron chi connectivity index (χ4n) is 3.83. The predicted octanol–water partition coefficient (Wildman–Crippen LogP) is 5.28. The van der Waals surface area contributed by atoms with Crippen LogP contribution in [0.2, 0.25) is 0 Å². The Labute approximate surface area is 178 Å². The molecule has 30 heavy (non-hydrogen) atoms. The van der Waals surface area contributed by atoms with E-state index in [4.69, 9.17) is 4.74 Å². The summed E-state index contributed by atoms with van der Waals surface area (Å²) in [6.45, 7) is 6.90. The van der Waals surface area contributed by atoms with Crippen LogP contribution in [0, 0.1) is 0 Å². The summed E-state index contributed by atoms with van der Waals surface area (Å²) in [7, 11) is 0. The highest BCUT2D eigenvalue weighted by molar-refractivity contribution is 6.04. The Balaban J connectivity index is 1.36. The fourth-order valence-corrected chi connectivity index (χ4v) is 3.83. The number of fused-ring (bicyclic) bond motifs is 1. The summed E-state index contributed by atoms with van der Waals surface area (Å²) < 4.78 is 5.70. The van der Waals surface area contributed by atoms with E-state index in [0.29, 0.717) is 5.56 Å². The van der Waals surface area contributed by atoms with E-state index in [-0.39, 0.29) is 12.0 Å². The van der Waals surface area contributed by atoms with Crippen molar-refractivity contribution in [2.45, 2.75) is 39.5 Å². The van der Waals surface area contributed by atoms with E-state index in [1.807, 2.05) is 62.4 Å². The molecule has 1 heterocycles. The van der Waals surface area contributed by atoms with Gasteiger partial charge in [-0.05, 0) is 61.2 Å². The number of ether oxygens (including phenoxy) is 1. The van der Waals surface area contributed by atoms with E-state index in [1.54, 1.807) is 0 Å². The molecule has 0 radical (unpaired) electrons. The Bertz CT molecular complexity index is 1010. The largest absolute Gasteiger partial charge is 0.491 e. The van der Waals surface area contributed by atoms with Crippen molar-refractivity contribution in [3.8, 4) is 5.75 Å². The molecule has 1 amide bonds. The van der Waals surface area contributed by atoms with Gasteiger partial charge in [0, 0.05) is 37.0 Å². The molecule has 0 unspecified atom stereocenters. The van der Waals surface area contributed by atoms with Gasteiger partial charge in [0.1, 0.15) is 5.75 Å². The van der Waals surface area contributed by atoms with Gasteiger partial charge in [0.05, 0.1) is 6.10 Å². The maximum Gasteiger partial charge on any atom is 0.255 e. The zero-order valence-electron chi connectivity index (χ0n) is 17.6. The number of hydrogen-bond donors (Lipinski definition) is 1. The lowest BCUT2D eigenvalue weighted by molar-refractivity contribution is 0.102. The van der Waals surface area contributed by atoms with Crippen LogP contribution in [-0.4, -0.2) is 23.5 Å². The molecule has 1 aliphatic rings. The molecule has 0 aromatic heterocycles. The molecule has 0 spiro atoms. The van der Waals surface area contributed by atoms with Crippen LogP contribution in [0.5, 0.6) is 5.75 Å². The summed E-state index contributed by atoms with van der Waals surface area (Å²) in [6.07, 6.45) is 1.19. The van der Waals surface area contributed by atoms with Crippen LogP contribution in [0.4, 0.5) is 5.69 Å². The third-order valence-electron chi connectivity index (χ3n) is 5.30. The Hall–Kier alpha value is -3.11. The van der Waals surface area contributed by atoms with Gasteiger partial charge in [-0.25, -0.2) is 0 Å². The van der Waals surface area contributed by atoms with Gasteiger partial charge in [-0.3, -0.25) is 9.69 Å². The quantitative estimate of drug-likeness (QED) is 0.612. The number of rotatable bonds is 6. The topological polar surface area (TPSA) is 41.6 Å². The lowest BCUT2D eigenvalue weighted by Crippen LogP contribution is -2.29. The number of amides is 1. The smallest absolute Gasteiger partial charge is 0.255 e. The first kappa shape index (κ1) is 20.2. The molecule has 4 nitrogen and oxygen atoms in total. The molecule has 4 rings (SSSR count). The van der Waals surface area contributed by atoms with Crippen molar-refractivity contribution in [1.29, 1.82) is 0 Å². The Kier molecular flexibility index (Phi) is 6.15. The van der Waals surface area contributed by atoms with Gasteiger partial charge in [0.2, 0.25) is 0 Å². The van der Waals surface area contributed by atoms with Gasteiger partial charge >= 0.3 is 0 Å². The number of carbonyl (C=O) groups excluding carboxylic acids is 1. The number of benzene rings is 3. The van der Waals surface area contributed by atoms with Crippen molar-refractivity contribution in [3.63, 3.8) is 0 Å². The maximum absolute atomic E-state index is 12.6. The summed E-state index contributed by atoms with van der Waals surface area (Å²) in [5, 5.41) is 2.95. The summed E-state index contributed by atoms with van der Waals surface area (Å²) in [5.74, 6) is 0.636. The van der Waals surface area contributed by atoms with Gasteiger partial charge < -0.3 is 10.1 Å². The van der Waals surface area contributed by atoms with Gasteiger partial charge in [-0.2, -0.15) is 0 Å². The van der Waals surface area contributed by atoms with Crippen LogP contribution >= 0.6 is 0 Å². The fraction of sp³-hybridized carbons (Fsp3) is 0.269.